The Morgan fingerprint density at radius 1 is 1.42 bits per heavy atom. The van der Waals surface area contributed by atoms with Crippen LogP contribution in [-0.2, 0) is 10.0 Å². The van der Waals surface area contributed by atoms with Gasteiger partial charge in [-0.2, -0.15) is 11.8 Å². The molecule has 2 rings (SSSR count). The highest BCUT2D eigenvalue weighted by Gasteiger charge is 2.23. The number of nitrogens with zero attached hydrogens (tertiary/aromatic N) is 1. The van der Waals surface area contributed by atoms with Crippen molar-refractivity contribution in [1.82, 2.24) is 9.71 Å². The third-order valence-corrected chi connectivity index (χ3v) is 5.63. The van der Waals surface area contributed by atoms with Gasteiger partial charge in [-0.3, -0.25) is 0 Å². The molecule has 1 fully saturated rings. The van der Waals surface area contributed by atoms with Gasteiger partial charge in [-0.1, -0.05) is 11.6 Å². The van der Waals surface area contributed by atoms with E-state index in [0.717, 1.165) is 24.3 Å². The number of nitrogens with two attached hydrogens (primary N) is 1. The van der Waals surface area contributed by atoms with Crippen molar-refractivity contribution in [3.05, 3.63) is 17.3 Å². The van der Waals surface area contributed by atoms with E-state index < -0.39 is 10.0 Å². The molecule has 1 aliphatic heterocycles. The highest BCUT2D eigenvalue weighted by Crippen LogP contribution is 2.23. The second-order valence-corrected chi connectivity index (χ2v) is 7.50. The number of rotatable bonds is 4. The second-order valence-electron chi connectivity index (χ2n) is 4.15. The largest absolute Gasteiger partial charge is 0.307 e. The first-order chi connectivity index (χ1) is 9.03. The van der Waals surface area contributed by atoms with Gasteiger partial charge < -0.3 is 5.43 Å². The van der Waals surface area contributed by atoms with Crippen molar-refractivity contribution in [2.75, 3.05) is 16.9 Å². The molecule has 0 unspecified atom stereocenters. The van der Waals surface area contributed by atoms with Crippen LogP contribution in [0.3, 0.4) is 0 Å². The molecule has 0 saturated carbocycles. The molecule has 106 valence electrons. The average Bonchev–Trinajstić information content (AvgIpc) is 2.39. The van der Waals surface area contributed by atoms with Gasteiger partial charge in [-0.25, -0.2) is 24.0 Å². The van der Waals surface area contributed by atoms with Crippen LogP contribution in [0, 0.1) is 0 Å². The minimum absolute atomic E-state index is 0.0164. The molecule has 0 spiro atoms. The van der Waals surface area contributed by atoms with E-state index >= 15 is 0 Å². The molecule has 19 heavy (non-hydrogen) atoms. The van der Waals surface area contributed by atoms with Crippen LogP contribution in [0.15, 0.2) is 17.2 Å². The summed E-state index contributed by atoms with van der Waals surface area (Å²) in [5.41, 5.74) is 2.29. The monoisotopic (exact) mass is 322 g/mol. The zero-order valence-corrected chi connectivity index (χ0v) is 12.5. The summed E-state index contributed by atoms with van der Waals surface area (Å²) in [7, 11) is -3.58. The average molecular weight is 323 g/mol. The van der Waals surface area contributed by atoms with Crippen LogP contribution in [0.1, 0.15) is 12.8 Å². The second kappa shape index (κ2) is 6.27. The van der Waals surface area contributed by atoms with Crippen LogP contribution in [0.5, 0.6) is 0 Å². The lowest BCUT2D eigenvalue weighted by Crippen LogP contribution is -2.37. The summed E-state index contributed by atoms with van der Waals surface area (Å²) >= 11 is 7.72. The van der Waals surface area contributed by atoms with Crippen molar-refractivity contribution < 1.29 is 8.42 Å². The molecule has 0 aromatic carbocycles. The van der Waals surface area contributed by atoms with E-state index in [1.807, 2.05) is 11.8 Å². The Morgan fingerprint density at radius 3 is 2.68 bits per heavy atom. The highest BCUT2D eigenvalue weighted by molar-refractivity contribution is 7.99. The van der Waals surface area contributed by atoms with E-state index in [-0.39, 0.29) is 21.8 Å². The van der Waals surface area contributed by atoms with Gasteiger partial charge in [0.25, 0.3) is 0 Å². The highest BCUT2D eigenvalue weighted by atomic mass is 35.5. The van der Waals surface area contributed by atoms with E-state index in [2.05, 4.69) is 15.1 Å². The van der Waals surface area contributed by atoms with E-state index in [9.17, 15) is 8.42 Å². The van der Waals surface area contributed by atoms with Crippen LogP contribution >= 0.6 is 23.4 Å². The van der Waals surface area contributed by atoms with Gasteiger partial charge in [0.05, 0.1) is 5.02 Å². The summed E-state index contributed by atoms with van der Waals surface area (Å²) in [6.45, 7) is 0. The summed E-state index contributed by atoms with van der Waals surface area (Å²) in [5, 5.41) is 0.171. The van der Waals surface area contributed by atoms with Gasteiger partial charge >= 0.3 is 0 Å². The molecule has 1 aliphatic rings. The van der Waals surface area contributed by atoms with Crippen LogP contribution in [0.25, 0.3) is 0 Å². The predicted octanol–water partition coefficient (Wildman–Crippen LogP) is 1.19. The lowest BCUT2D eigenvalue weighted by molar-refractivity contribution is 0.528. The van der Waals surface area contributed by atoms with Gasteiger partial charge in [0.15, 0.2) is 5.82 Å². The lowest BCUT2D eigenvalue weighted by Gasteiger charge is -2.22. The molecule has 4 N–H and O–H groups in total. The van der Waals surface area contributed by atoms with Crippen molar-refractivity contribution in [1.29, 1.82) is 0 Å². The molecule has 2 heterocycles. The van der Waals surface area contributed by atoms with E-state index in [1.165, 1.54) is 12.3 Å². The predicted molar refractivity (Wildman–Crippen MR) is 77.7 cm³/mol. The number of nitrogens with one attached hydrogen (secondary N) is 2. The Kier molecular flexibility index (Phi) is 4.91. The molecule has 1 aromatic heterocycles. The topological polar surface area (TPSA) is 97.1 Å². The number of halogens is 1. The maximum absolute atomic E-state index is 12.2. The van der Waals surface area contributed by atoms with E-state index in [0.29, 0.717) is 0 Å². The van der Waals surface area contributed by atoms with Gasteiger partial charge in [-0.05, 0) is 30.4 Å². The summed E-state index contributed by atoms with van der Waals surface area (Å²) in [6.07, 6.45) is 2.92. The number of aromatic nitrogens is 1. The molecule has 0 atom stereocenters. The molecule has 1 aromatic rings. The normalized spacial score (nSPS) is 17.4. The summed E-state index contributed by atoms with van der Waals surface area (Å²) in [4.78, 5) is 3.92. The third kappa shape index (κ3) is 3.73. The maximum Gasteiger partial charge on any atom is 0.242 e. The molecule has 1 saturated heterocycles. The first-order valence-corrected chi connectivity index (χ1v) is 8.77. The fourth-order valence-electron chi connectivity index (χ4n) is 1.78. The van der Waals surface area contributed by atoms with Crippen LogP contribution in [0.2, 0.25) is 5.02 Å². The van der Waals surface area contributed by atoms with Crippen LogP contribution < -0.4 is 16.0 Å². The first-order valence-electron chi connectivity index (χ1n) is 5.75. The van der Waals surface area contributed by atoms with Crippen molar-refractivity contribution >= 4 is 39.2 Å². The number of hydrogen-bond donors (Lipinski definition) is 3. The standard InChI is InChI=1S/C10H15ClN4O2S2/c11-9-5-8(6-13-10(9)14-12)19(16,17)15-7-1-3-18-4-2-7/h5-7,15H,1-4,12H2,(H,13,14). The molecule has 0 bridgehead atoms. The number of sulfonamides is 1. The zero-order valence-electron chi connectivity index (χ0n) is 10.1. The number of pyridine rings is 1. The minimum atomic E-state index is -3.58. The van der Waals surface area contributed by atoms with Crippen molar-refractivity contribution in [2.45, 2.75) is 23.8 Å². The number of hydrazine groups is 1. The molecule has 0 amide bonds. The Morgan fingerprint density at radius 2 is 2.11 bits per heavy atom. The third-order valence-electron chi connectivity index (χ3n) is 2.81. The molecule has 9 heteroatoms. The van der Waals surface area contributed by atoms with Gasteiger partial charge in [0.2, 0.25) is 10.0 Å². The summed E-state index contributed by atoms with van der Waals surface area (Å²) < 4.78 is 27.1. The molecule has 0 aliphatic carbocycles. The van der Waals surface area contributed by atoms with Crippen molar-refractivity contribution in [3.63, 3.8) is 0 Å². The summed E-state index contributed by atoms with van der Waals surface area (Å²) in [6, 6.07) is 1.32. The van der Waals surface area contributed by atoms with E-state index in [1.54, 1.807) is 0 Å². The smallest absolute Gasteiger partial charge is 0.242 e. The number of hydrogen-bond acceptors (Lipinski definition) is 6. The Balaban J connectivity index is 2.16. The molecular weight excluding hydrogens is 308 g/mol. The fourth-order valence-corrected chi connectivity index (χ4v) is 4.44. The Labute approximate surface area is 121 Å². The molecule has 0 radical (unpaired) electrons. The van der Waals surface area contributed by atoms with Gasteiger partial charge in [0, 0.05) is 12.2 Å². The van der Waals surface area contributed by atoms with Gasteiger partial charge in [-0.15, -0.1) is 0 Å². The quantitative estimate of drug-likeness (QED) is 0.569. The zero-order chi connectivity index (χ0) is 13.9. The Bertz CT molecular complexity index is 546. The van der Waals surface area contributed by atoms with Gasteiger partial charge in [0.1, 0.15) is 4.90 Å². The lowest BCUT2D eigenvalue weighted by atomic mass is 10.2. The Hall–Kier alpha value is -0.540. The minimum Gasteiger partial charge on any atom is -0.307 e. The number of nitrogen functional groups attached to an aromatic ring is 1. The van der Waals surface area contributed by atoms with Crippen molar-refractivity contribution in [2.24, 2.45) is 5.84 Å². The van der Waals surface area contributed by atoms with Crippen LogP contribution in [-0.4, -0.2) is 30.9 Å². The summed E-state index contributed by atoms with van der Waals surface area (Å²) in [5.74, 6) is 7.39. The first kappa shape index (κ1) is 14.9. The number of anilines is 1. The molecule has 6 nitrogen and oxygen atoms in total. The number of thioether (sulfide) groups is 1. The SMILES string of the molecule is NNc1ncc(S(=O)(=O)NC2CCSCC2)cc1Cl. The maximum atomic E-state index is 12.2. The van der Waals surface area contributed by atoms with E-state index in [4.69, 9.17) is 17.4 Å². The fraction of sp³-hybridized carbons (Fsp3) is 0.500. The van der Waals surface area contributed by atoms with Crippen molar-refractivity contribution in [3.8, 4) is 0 Å². The molecular formula is C10H15ClN4O2S2. The van der Waals surface area contributed by atoms with Crippen LogP contribution in [0.4, 0.5) is 5.82 Å².